The largest absolute Gasteiger partial charge is 0.324 e. The van der Waals surface area contributed by atoms with E-state index in [1.165, 1.54) is 0 Å². The van der Waals surface area contributed by atoms with Gasteiger partial charge in [-0.3, -0.25) is 4.79 Å². The summed E-state index contributed by atoms with van der Waals surface area (Å²) in [5.74, 6) is -0.117. The van der Waals surface area contributed by atoms with Crippen molar-refractivity contribution < 1.29 is 4.79 Å². The van der Waals surface area contributed by atoms with Crippen LogP contribution in [0.3, 0.4) is 0 Å². The van der Waals surface area contributed by atoms with E-state index in [9.17, 15) is 4.79 Å². The fourth-order valence-corrected chi connectivity index (χ4v) is 2.49. The predicted octanol–water partition coefficient (Wildman–Crippen LogP) is 3.31. The van der Waals surface area contributed by atoms with Crippen LogP contribution in [0.25, 0.3) is 0 Å². The standard InChI is InChI=1S/C12H14BrClN2O/c13-9-4-3-8(7-10(9)14)16-11(17)12(15)5-1-2-6-12/h3-4,7H,1-2,5-6,15H2,(H,16,17). The molecule has 0 bridgehead atoms. The van der Waals surface area contributed by atoms with Gasteiger partial charge in [-0.1, -0.05) is 24.4 Å². The Morgan fingerprint density at radius 2 is 2.06 bits per heavy atom. The van der Waals surface area contributed by atoms with E-state index < -0.39 is 5.54 Å². The molecule has 92 valence electrons. The number of carbonyl (C=O) groups excluding carboxylic acids is 1. The molecule has 0 aromatic heterocycles. The highest BCUT2D eigenvalue weighted by Crippen LogP contribution is 2.30. The molecule has 1 aromatic carbocycles. The fourth-order valence-electron chi connectivity index (χ4n) is 2.06. The van der Waals surface area contributed by atoms with Crippen molar-refractivity contribution in [2.45, 2.75) is 31.2 Å². The third-order valence-electron chi connectivity index (χ3n) is 3.13. The summed E-state index contributed by atoms with van der Waals surface area (Å²) in [6, 6.07) is 5.31. The van der Waals surface area contributed by atoms with E-state index in [-0.39, 0.29) is 5.91 Å². The number of hydrogen-bond donors (Lipinski definition) is 2. The minimum Gasteiger partial charge on any atom is -0.324 e. The van der Waals surface area contributed by atoms with Crippen LogP contribution in [0.15, 0.2) is 22.7 Å². The molecular weight excluding hydrogens is 304 g/mol. The third-order valence-corrected chi connectivity index (χ3v) is 4.36. The molecule has 1 aliphatic rings. The monoisotopic (exact) mass is 316 g/mol. The van der Waals surface area contributed by atoms with Crippen LogP contribution in [0.1, 0.15) is 25.7 Å². The van der Waals surface area contributed by atoms with Gasteiger partial charge in [-0.15, -0.1) is 0 Å². The highest BCUT2D eigenvalue weighted by molar-refractivity contribution is 9.10. The van der Waals surface area contributed by atoms with E-state index in [4.69, 9.17) is 17.3 Å². The predicted molar refractivity (Wildman–Crippen MR) is 73.2 cm³/mol. The first-order chi connectivity index (χ1) is 8.01. The van der Waals surface area contributed by atoms with Crippen molar-refractivity contribution in [3.8, 4) is 0 Å². The number of rotatable bonds is 2. The second kappa shape index (κ2) is 4.96. The average molecular weight is 318 g/mol. The number of carbonyl (C=O) groups is 1. The van der Waals surface area contributed by atoms with Gasteiger partial charge in [0.1, 0.15) is 0 Å². The molecule has 3 N–H and O–H groups in total. The smallest absolute Gasteiger partial charge is 0.244 e. The van der Waals surface area contributed by atoms with E-state index in [1.807, 2.05) is 0 Å². The Hall–Kier alpha value is -0.580. The molecule has 1 fully saturated rings. The van der Waals surface area contributed by atoms with Crippen molar-refractivity contribution in [3.05, 3.63) is 27.7 Å². The lowest BCUT2D eigenvalue weighted by molar-refractivity contribution is -0.121. The lowest BCUT2D eigenvalue weighted by Gasteiger charge is -2.22. The Morgan fingerprint density at radius 1 is 1.41 bits per heavy atom. The Bertz CT molecular complexity index is 444. The van der Waals surface area contributed by atoms with E-state index in [2.05, 4.69) is 21.2 Å². The van der Waals surface area contributed by atoms with Gasteiger partial charge in [0, 0.05) is 10.2 Å². The van der Waals surface area contributed by atoms with E-state index in [0.29, 0.717) is 10.7 Å². The lowest BCUT2D eigenvalue weighted by Crippen LogP contribution is -2.48. The molecule has 0 atom stereocenters. The zero-order chi connectivity index (χ0) is 12.5. The number of amides is 1. The number of nitrogens with one attached hydrogen (secondary N) is 1. The van der Waals surface area contributed by atoms with Crippen LogP contribution in [0.4, 0.5) is 5.69 Å². The molecule has 1 saturated carbocycles. The van der Waals surface area contributed by atoms with Gasteiger partial charge in [0.05, 0.1) is 10.6 Å². The van der Waals surface area contributed by atoms with Gasteiger partial charge in [0.25, 0.3) is 0 Å². The maximum Gasteiger partial charge on any atom is 0.244 e. The summed E-state index contributed by atoms with van der Waals surface area (Å²) in [5.41, 5.74) is 6.04. The van der Waals surface area contributed by atoms with Crippen molar-refractivity contribution in [2.24, 2.45) is 5.73 Å². The number of nitrogens with two attached hydrogens (primary N) is 1. The minimum atomic E-state index is -0.709. The van der Waals surface area contributed by atoms with Gasteiger partial charge in [0.15, 0.2) is 0 Å². The van der Waals surface area contributed by atoms with Crippen LogP contribution >= 0.6 is 27.5 Å². The molecule has 0 heterocycles. The molecule has 0 radical (unpaired) electrons. The molecule has 5 heteroatoms. The topological polar surface area (TPSA) is 55.1 Å². The van der Waals surface area contributed by atoms with Crippen LogP contribution < -0.4 is 11.1 Å². The summed E-state index contributed by atoms with van der Waals surface area (Å²) >= 11 is 9.27. The molecule has 1 aromatic rings. The lowest BCUT2D eigenvalue weighted by atomic mass is 9.98. The summed E-state index contributed by atoms with van der Waals surface area (Å²) in [6.07, 6.45) is 3.54. The normalized spacial score (nSPS) is 18.1. The fraction of sp³-hybridized carbons (Fsp3) is 0.417. The first-order valence-corrected chi connectivity index (χ1v) is 6.74. The van der Waals surface area contributed by atoms with E-state index in [1.54, 1.807) is 18.2 Å². The Kier molecular flexibility index (Phi) is 3.76. The Balaban J connectivity index is 2.10. The molecule has 2 rings (SSSR count). The van der Waals surface area contributed by atoms with Crippen LogP contribution in [-0.2, 0) is 4.79 Å². The third kappa shape index (κ3) is 2.81. The SMILES string of the molecule is NC1(C(=O)Nc2ccc(Br)c(Cl)c2)CCCC1. The molecule has 0 saturated heterocycles. The second-order valence-electron chi connectivity index (χ2n) is 4.45. The highest BCUT2D eigenvalue weighted by atomic mass is 79.9. The maximum absolute atomic E-state index is 12.0. The zero-order valence-corrected chi connectivity index (χ0v) is 11.6. The molecule has 1 amide bonds. The zero-order valence-electron chi connectivity index (χ0n) is 9.30. The molecule has 0 spiro atoms. The molecule has 3 nitrogen and oxygen atoms in total. The average Bonchev–Trinajstić information content (AvgIpc) is 2.72. The van der Waals surface area contributed by atoms with Crippen molar-refractivity contribution in [2.75, 3.05) is 5.32 Å². The first-order valence-electron chi connectivity index (χ1n) is 5.57. The number of hydrogen-bond acceptors (Lipinski definition) is 2. The van der Waals surface area contributed by atoms with E-state index in [0.717, 1.165) is 30.2 Å². The van der Waals surface area contributed by atoms with Crippen LogP contribution in [0.5, 0.6) is 0 Å². The molecule has 0 unspecified atom stereocenters. The number of anilines is 1. The van der Waals surface area contributed by atoms with Crippen LogP contribution in [-0.4, -0.2) is 11.4 Å². The Morgan fingerprint density at radius 3 is 2.65 bits per heavy atom. The summed E-state index contributed by atoms with van der Waals surface area (Å²) in [5, 5.41) is 3.39. The summed E-state index contributed by atoms with van der Waals surface area (Å²) in [6.45, 7) is 0. The summed E-state index contributed by atoms with van der Waals surface area (Å²) < 4.78 is 0.806. The van der Waals surface area contributed by atoms with Crippen LogP contribution in [0, 0.1) is 0 Å². The maximum atomic E-state index is 12.0. The Labute approximate surface area is 114 Å². The van der Waals surface area contributed by atoms with Gasteiger partial charge in [-0.25, -0.2) is 0 Å². The van der Waals surface area contributed by atoms with Crippen molar-refractivity contribution in [1.29, 1.82) is 0 Å². The van der Waals surface area contributed by atoms with Crippen LogP contribution in [0.2, 0.25) is 5.02 Å². The van der Waals surface area contributed by atoms with Gasteiger partial charge < -0.3 is 11.1 Å². The van der Waals surface area contributed by atoms with Gasteiger partial charge in [-0.05, 0) is 47.0 Å². The van der Waals surface area contributed by atoms with Crippen molar-refractivity contribution >= 4 is 39.1 Å². The van der Waals surface area contributed by atoms with Gasteiger partial charge >= 0.3 is 0 Å². The first kappa shape index (κ1) is 12.9. The summed E-state index contributed by atoms with van der Waals surface area (Å²) in [4.78, 5) is 12.0. The number of benzene rings is 1. The van der Waals surface area contributed by atoms with E-state index >= 15 is 0 Å². The van der Waals surface area contributed by atoms with Gasteiger partial charge in [-0.2, -0.15) is 0 Å². The van der Waals surface area contributed by atoms with Crippen molar-refractivity contribution in [3.63, 3.8) is 0 Å². The second-order valence-corrected chi connectivity index (χ2v) is 5.71. The molecule has 0 aliphatic heterocycles. The molecular formula is C12H14BrClN2O. The number of halogens is 2. The van der Waals surface area contributed by atoms with Gasteiger partial charge in [0.2, 0.25) is 5.91 Å². The molecule has 17 heavy (non-hydrogen) atoms. The highest BCUT2D eigenvalue weighted by Gasteiger charge is 2.36. The minimum absolute atomic E-state index is 0.117. The molecule has 1 aliphatic carbocycles. The summed E-state index contributed by atoms with van der Waals surface area (Å²) in [7, 11) is 0. The van der Waals surface area contributed by atoms with Crippen molar-refractivity contribution in [1.82, 2.24) is 0 Å². The quantitative estimate of drug-likeness (QED) is 0.879.